The molecule has 0 aliphatic rings. The Bertz CT molecular complexity index is 865. The molecular formula is C22H33N5O2S. The van der Waals surface area contributed by atoms with E-state index in [0.29, 0.717) is 11.3 Å². The van der Waals surface area contributed by atoms with E-state index in [1.807, 2.05) is 21.0 Å². The van der Waals surface area contributed by atoms with Gasteiger partial charge in [-0.3, -0.25) is 14.5 Å². The summed E-state index contributed by atoms with van der Waals surface area (Å²) in [7, 11) is 4.09. The molecule has 2 rings (SSSR count). The van der Waals surface area contributed by atoms with Crippen LogP contribution in [-0.4, -0.2) is 50.7 Å². The summed E-state index contributed by atoms with van der Waals surface area (Å²) in [5.41, 5.74) is 1.19. The average Bonchev–Trinajstić information content (AvgIpc) is 3.08. The van der Waals surface area contributed by atoms with E-state index in [1.54, 1.807) is 24.3 Å². The van der Waals surface area contributed by atoms with Crippen molar-refractivity contribution >= 4 is 29.1 Å². The highest BCUT2D eigenvalue weighted by Crippen LogP contribution is 2.28. The van der Waals surface area contributed by atoms with Crippen LogP contribution in [0.4, 0.5) is 5.69 Å². The number of nitrogens with zero attached hydrogens (tertiary/aromatic N) is 4. The largest absolute Gasteiger partial charge is 0.325 e. The molecule has 0 saturated heterocycles. The lowest BCUT2D eigenvalue weighted by atomic mass is 10.1. The zero-order chi connectivity index (χ0) is 22.3. The third-order valence-electron chi connectivity index (χ3n) is 4.98. The van der Waals surface area contributed by atoms with Crippen LogP contribution in [0, 0.1) is 0 Å². The number of nitrogens with one attached hydrogen (secondary N) is 1. The SMILES string of the molecule is CCCCn1c(S[C@H](C)C(=O)Nc2cccc(C(C)=O)c2)nnc1[C@H](CC)N(C)C. The number of anilines is 1. The van der Waals surface area contributed by atoms with Gasteiger partial charge in [0.1, 0.15) is 0 Å². The first-order chi connectivity index (χ1) is 14.3. The third kappa shape index (κ3) is 6.15. The van der Waals surface area contributed by atoms with Crippen molar-refractivity contribution in [3.63, 3.8) is 0 Å². The van der Waals surface area contributed by atoms with Crippen LogP contribution < -0.4 is 5.32 Å². The smallest absolute Gasteiger partial charge is 0.237 e. The molecule has 7 nitrogen and oxygen atoms in total. The van der Waals surface area contributed by atoms with Gasteiger partial charge in [0.05, 0.1) is 11.3 Å². The zero-order valence-electron chi connectivity index (χ0n) is 18.8. The van der Waals surface area contributed by atoms with Gasteiger partial charge in [0, 0.05) is 17.8 Å². The molecule has 30 heavy (non-hydrogen) atoms. The molecule has 0 unspecified atom stereocenters. The van der Waals surface area contributed by atoms with Gasteiger partial charge in [-0.25, -0.2) is 0 Å². The predicted octanol–water partition coefficient (Wildman–Crippen LogP) is 4.41. The van der Waals surface area contributed by atoms with Crippen LogP contribution in [0.25, 0.3) is 0 Å². The molecule has 1 heterocycles. The van der Waals surface area contributed by atoms with Gasteiger partial charge < -0.3 is 9.88 Å². The second kappa shape index (κ2) is 11.3. The van der Waals surface area contributed by atoms with Crippen LogP contribution in [0.2, 0.25) is 0 Å². The van der Waals surface area contributed by atoms with E-state index in [2.05, 4.69) is 38.8 Å². The third-order valence-corrected chi connectivity index (χ3v) is 6.06. The minimum atomic E-state index is -0.358. The van der Waals surface area contributed by atoms with Crippen molar-refractivity contribution in [2.24, 2.45) is 0 Å². The van der Waals surface area contributed by atoms with Crippen molar-refractivity contribution < 1.29 is 9.59 Å². The monoisotopic (exact) mass is 431 g/mol. The average molecular weight is 432 g/mol. The normalized spacial score (nSPS) is 13.3. The maximum absolute atomic E-state index is 12.7. The molecule has 0 spiro atoms. The number of aromatic nitrogens is 3. The second-order valence-electron chi connectivity index (χ2n) is 7.62. The van der Waals surface area contributed by atoms with Crippen molar-refractivity contribution in [1.29, 1.82) is 0 Å². The first-order valence-corrected chi connectivity index (χ1v) is 11.3. The Labute approximate surface area is 183 Å². The van der Waals surface area contributed by atoms with Gasteiger partial charge >= 0.3 is 0 Å². The van der Waals surface area contributed by atoms with Crippen molar-refractivity contribution in [3.8, 4) is 0 Å². The van der Waals surface area contributed by atoms with Gasteiger partial charge in [0.25, 0.3) is 0 Å². The maximum atomic E-state index is 12.7. The van der Waals surface area contributed by atoms with Crippen LogP contribution >= 0.6 is 11.8 Å². The van der Waals surface area contributed by atoms with E-state index >= 15 is 0 Å². The van der Waals surface area contributed by atoms with Gasteiger partial charge in [-0.1, -0.05) is 44.2 Å². The molecule has 2 atom stereocenters. The summed E-state index contributed by atoms with van der Waals surface area (Å²) in [5.74, 6) is 0.781. The maximum Gasteiger partial charge on any atom is 0.237 e. The molecule has 0 bridgehead atoms. The topological polar surface area (TPSA) is 80.1 Å². The summed E-state index contributed by atoms with van der Waals surface area (Å²) >= 11 is 1.41. The fraction of sp³-hybridized carbons (Fsp3) is 0.545. The standard InChI is InChI=1S/C22H33N5O2S/c1-7-9-13-27-20(19(8-2)26(5)6)24-25-22(27)30-16(4)21(29)23-18-12-10-11-17(14-18)15(3)28/h10-12,14,16,19H,7-9,13H2,1-6H3,(H,23,29)/t16-,19+/m1/s1. The number of hydrogen-bond acceptors (Lipinski definition) is 6. The van der Waals surface area contributed by atoms with Crippen molar-refractivity contribution in [1.82, 2.24) is 19.7 Å². The summed E-state index contributed by atoms with van der Waals surface area (Å²) in [6.45, 7) is 8.50. The Morgan fingerprint density at radius 3 is 2.57 bits per heavy atom. The highest BCUT2D eigenvalue weighted by atomic mass is 32.2. The minimum absolute atomic E-state index is 0.0311. The van der Waals surface area contributed by atoms with Gasteiger partial charge in [-0.2, -0.15) is 0 Å². The number of unbranched alkanes of at least 4 members (excludes halogenated alkanes) is 1. The van der Waals surface area contributed by atoms with Crippen molar-refractivity contribution in [2.45, 2.75) is 70.0 Å². The lowest BCUT2D eigenvalue weighted by Gasteiger charge is -2.23. The molecule has 0 saturated carbocycles. The Morgan fingerprint density at radius 1 is 1.23 bits per heavy atom. The summed E-state index contributed by atoms with van der Waals surface area (Å²) in [6, 6.07) is 7.17. The zero-order valence-corrected chi connectivity index (χ0v) is 19.6. The first-order valence-electron chi connectivity index (χ1n) is 10.5. The number of thioether (sulfide) groups is 1. The van der Waals surface area contributed by atoms with Crippen LogP contribution in [0.15, 0.2) is 29.4 Å². The molecular weight excluding hydrogens is 398 g/mol. The molecule has 0 fully saturated rings. The predicted molar refractivity (Wildman–Crippen MR) is 122 cm³/mol. The molecule has 0 radical (unpaired) electrons. The van der Waals surface area contributed by atoms with E-state index in [0.717, 1.165) is 36.8 Å². The van der Waals surface area contributed by atoms with E-state index in [-0.39, 0.29) is 23.0 Å². The highest BCUT2D eigenvalue weighted by Gasteiger charge is 2.24. The number of carbonyl (C=O) groups excluding carboxylic acids is 2. The molecule has 1 aromatic carbocycles. The summed E-state index contributed by atoms with van der Waals surface area (Å²) in [6.07, 6.45) is 3.04. The summed E-state index contributed by atoms with van der Waals surface area (Å²) in [5, 5.41) is 12.2. The highest BCUT2D eigenvalue weighted by molar-refractivity contribution is 8.00. The molecule has 1 aromatic heterocycles. The fourth-order valence-corrected chi connectivity index (χ4v) is 4.09. The molecule has 8 heteroatoms. The van der Waals surface area contributed by atoms with Crippen LogP contribution in [0.5, 0.6) is 0 Å². The lowest BCUT2D eigenvalue weighted by Crippen LogP contribution is -2.24. The van der Waals surface area contributed by atoms with Crippen LogP contribution in [0.3, 0.4) is 0 Å². The number of hydrogen-bond donors (Lipinski definition) is 1. The summed E-state index contributed by atoms with van der Waals surface area (Å²) in [4.78, 5) is 26.5. The fourth-order valence-electron chi connectivity index (χ4n) is 3.21. The van der Waals surface area contributed by atoms with Crippen molar-refractivity contribution in [2.75, 3.05) is 19.4 Å². The Balaban J connectivity index is 2.17. The first kappa shape index (κ1) is 24.1. The number of Topliss-reactive ketones (excluding diaryl/α,β-unsaturated/α-hetero) is 1. The number of carbonyl (C=O) groups is 2. The van der Waals surface area contributed by atoms with E-state index in [1.165, 1.54) is 18.7 Å². The number of amides is 1. The van der Waals surface area contributed by atoms with Crippen molar-refractivity contribution in [3.05, 3.63) is 35.7 Å². The van der Waals surface area contributed by atoms with E-state index in [9.17, 15) is 9.59 Å². The van der Waals surface area contributed by atoms with Crippen LogP contribution in [-0.2, 0) is 11.3 Å². The lowest BCUT2D eigenvalue weighted by molar-refractivity contribution is -0.115. The molecule has 1 amide bonds. The number of benzene rings is 1. The molecule has 164 valence electrons. The molecule has 0 aliphatic carbocycles. The molecule has 1 N–H and O–H groups in total. The molecule has 0 aliphatic heterocycles. The molecule has 2 aromatic rings. The second-order valence-corrected chi connectivity index (χ2v) is 8.93. The summed E-state index contributed by atoms with van der Waals surface area (Å²) < 4.78 is 2.16. The Kier molecular flexibility index (Phi) is 9.05. The van der Waals surface area contributed by atoms with Gasteiger partial charge in [-0.15, -0.1) is 10.2 Å². The van der Waals surface area contributed by atoms with E-state index in [4.69, 9.17) is 0 Å². The quantitative estimate of drug-likeness (QED) is 0.419. The van der Waals surface area contributed by atoms with Gasteiger partial charge in [0.2, 0.25) is 5.91 Å². The Morgan fingerprint density at radius 2 is 1.97 bits per heavy atom. The van der Waals surface area contributed by atoms with Gasteiger partial charge in [0.15, 0.2) is 16.8 Å². The Hall–Kier alpha value is -2.19. The van der Waals surface area contributed by atoms with E-state index < -0.39 is 0 Å². The van der Waals surface area contributed by atoms with Crippen LogP contribution in [0.1, 0.15) is 69.2 Å². The number of ketones is 1. The number of rotatable bonds is 11. The van der Waals surface area contributed by atoms with Gasteiger partial charge in [-0.05, 0) is 52.9 Å². The minimum Gasteiger partial charge on any atom is -0.325 e.